The molecule has 5 nitrogen and oxygen atoms in total. The van der Waals surface area contributed by atoms with Crippen LogP contribution in [0.15, 0.2) is 18.2 Å². The predicted molar refractivity (Wildman–Crippen MR) is 78.3 cm³/mol. The standard InChI is InChI=1S/C15H25NO4/c1-4-8-19-14-6-5-13(11-16-7-9-17-2)15(10-14)20-12-18-3/h5-6,10,16H,4,7-9,11-12H2,1-3H3. The monoisotopic (exact) mass is 283 g/mol. The summed E-state index contributed by atoms with van der Waals surface area (Å²) in [6.07, 6.45) is 0.981. The summed E-state index contributed by atoms with van der Waals surface area (Å²) in [4.78, 5) is 0. The van der Waals surface area contributed by atoms with Gasteiger partial charge in [-0.05, 0) is 12.5 Å². The van der Waals surface area contributed by atoms with Crippen molar-refractivity contribution in [3.05, 3.63) is 23.8 Å². The zero-order valence-electron chi connectivity index (χ0n) is 12.6. The molecule has 0 amide bonds. The summed E-state index contributed by atoms with van der Waals surface area (Å²) < 4.78 is 21.2. The van der Waals surface area contributed by atoms with E-state index in [4.69, 9.17) is 18.9 Å². The van der Waals surface area contributed by atoms with Gasteiger partial charge in [0, 0.05) is 38.9 Å². The highest BCUT2D eigenvalue weighted by atomic mass is 16.7. The van der Waals surface area contributed by atoms with Crippen LogP contribution in [0.2, 0.25) is 0 Å². The Labute approximate surface area is 121 Å². The Bertz CT molecular complexity index is 371. The second-order valence-corrected chi connectivity index (χ2v) is 4.34. The topological polar surface area (TPSA) is 49.0 Å². The molecule has 0 radical (unpaired) electrons. The molecule has 0 aromatic heterocycles. The third kappa shape index (κ3) is 6.23. The van der Waals surface area contributed by atoms with Crippen molar-refractivity contribution in [3.8, 4) is 11.5 Å². The van der Waals surface area contributed by atoms with Crippen molar-refractivity contribution >= 4 is 0 Å². The van der Waals surface area contributed by atoms with Crippen LogP contribution < -0.4 is 14.8 Å². The van der Waals surface area contributed by atoms with E-state index in [9.17, 15) is 0 Å². The fourth-order valence-corrected chi connectivity index (χ4v) is 1.64. The van der Waals surface area contributed by atoms with Gasteiger partial charge in [-0.1, -0.05) is 13.0 Å². The summed E-state index contributed by atoms with van der Waals surface area (Å²) in [5.74, 6) is 1.60. The van der Waals surface area contributed by atoms with Gasteiger partial charge < -0.3 is 24.3 Å². The minimum absolute atomic E-state index is 0.225. The van der Waals surface area contributed by atoms with Gasteiger partial charge in [0.25, 0.3) is 0 Å². The molecule has 20 heavy (non-hydrogen) atoms. The van der Waals surface area contributed by atoms with Crippen LogP contribution in [0.4, 0.5) is 0 Å². The fraction of sp³-hybridized carbons (Fsp3) is 0.600. The Balaban J connectivity index is 2.64. The minimum atomic E-state index is 0.225. The molecule has 0 atom stereocenters. The quantitative estimate of drug-likeness (QED) is 0.498. The van der Waals surface area contributed by atoms with Crippen LogP contribution in [0.5, 0.6) is 11.5 Å². The van der Waals surface area contributed by atoms with Crippen molar-refractivity contribution in [3.63, 3.8) is 0 Å². The van der Waals surface area contributed by atoms with Crippen LogP contribution in [0, 0.1) is 0 Å². The van der Waals surface area contributed by atoms with E-state index < -0.39 is 0 Å². The zero-order valence-corrected chi connectivity index (χ0v) is 12.6. The van der Waals surface area contributed by atoms with Gasteiger partial charge in [0.2, 0.25) is 0 Å². The van der Waals surface area contributed by atoms with E-state index in [-0.39, 0.29) is 6.79 Å². The number of hydrogen-bond acceptors (Lipinski definition) is 5. The van der Waals surface area contributed by atoms with Crippen molar-refractivity contribution in [2.24, 2.45) is 0 Å². The Morgan fingerprint density at radius 2 is 1.90 bits per heavy atom. The summed E-state index contributed by atoms with van der Waals surface area (Å²) in [6, 6.07) is 5.88. The number of nitrogens with one attached hydrogen (secondary N) is 1. The van der Waals surface area contributed by atoms with Crippen LogP contribution >= 0.6 is 0 Å². The maximum atomic E-state index is 5.61. The summed E-state index contributed by atoms with van der Waals surface area (Å²) in [7, 11) is 3.29. The van der Waals surface area contributed by atoms with Crippen LogP contribution in [-0.2, 0) is 16.0 Å². The highest BCUT2D eigenvalue weighted by molar-refractivity contribution is 5.40. The first-order valence-corrected chi connectivity index (χ1v) is 6.89. The largest absolute Gasteiger partial charge is 0.493 e. The van der Waals surface area contributed by atoms with Crippen molar-refractivity contribution in [2.45, 2.75) is 19.9 Å². The lowest BCUT2D eigenvalue weighted by molar-refractivity contribution is 0.0501. The molecule has 114 valence electrons. The van der Waals surface area contributed by atoms with E-state index in [1.54, 1.807) is 14.2 Å². The Morgan fingerprint density at radius 1 is 1.05 bits per heavy atom. The highest BCUT2D eigenvalue weighted by Crippen LogP contribution is 2.25. The summed E-state index contributed by atoms with van der Waals surface area (Å²) in [5, 5.41) is 3.30. The smallest absolute Gasteiger partial charge is 0.188 e. The van der Waals surface area contributed by atoms with Crippen LogP contribution in [-0.4, -0.2) is 40.8 Å². The van der Waals surface area contributed by atoms with E-state index >= 15 is 0 Å². The molecule has 1 N–H and O–H groups in total. The maximum Gasteiger partial charge on any atom is 0.188 e. The minimum Gasteiger partial charge on any atom is -0.493 e. The number of ether oxygens (including phenoxy) is 4. The average Bonchev–Trinajstić information content (AvgIpc) is 2.48. The summed E-state index contributed by atoms with van der Waals surface area (Å²) in [6.45, 7) is 5.21. The molecule has 0 saturated heterocycles. The number of methoxy groups -OCH3 is 2. The second-order valence-electron chi connectivity index (χ2n) is 4.34. The van der Waals surface area contributed by atoms with Crippen molar-refractivity contribution in [1.29, 1.82) is 0 Å². The fourth-order valence-electron chi connectivity index (χ4n) is 1.64. The van der Waals surface area contributed by atoms with E-state index in [1.165, 1.54) is 0 Å². The molecule has 0 heterocycles. The first kappa shape index (κ1) is 16.8. The van der Waals surface area contributed by atoms with Crippen LogP contribution in [0.3, 0.4) is 0 Å². The highest BCUT2D eigenvalue weighted by Gasteiger charge is 2.06. The Hall–Kier alpha value is -1.30. The third-order valence-corrected chi connectivity index (χ3v) is 2.64. The molecule has 0 aliphatic heterocycles. The Kier molecular flexibility index (Phi) is 8.78. The van der Waals surface area contributed by atoms with E-state index in [0.29, 0.717) is 13.2 Å². The van der Waals surface area contributed by atoms with Gasteiger partial charge >= 0.3 is 0 Å². The zero-order chi connectivity index (χ0) is 14.6. The van der Waals surface area contributed by atoms with E-state index in [2.05, 4.69) is 12.2 Å². The van der Waals surface area contributed by atoms with Crippen LogP contribution in [0.25, 0.3) is 0 Å². The van der Waals surface area contributed by atoms with Crippen molar-refractivity contribution in [2.75, 3.05) is 40.8 Å². The lowest BCUT2D eigenvalue weighted by Crippen LogP contribution is -2.19. The average molecular weight is 283 g/mol. The van der Waals surface area contributed by atoms with Gasteiger partial charge in [-0.15, -0.1) is 0 Å². The van der Waals surface area contributed by atoms with Crippen LogP contribution in [0.1, 0.15) is 18.9 Å². The number of benzene rings is 1. The summed E-state index contributed by atoms with van der Waals surface area (Å²) in [5.41, 5.74) is 1.07. The molecule has 0 aliphatic rings. The van der Waals surface area contributed by atoms with Crippen molar-refractivity contribution in [1.82, 2.24) is 5.32 Å². The summed E-state index contributed by atoms with van der Waals surface area (Å²) >= 11 is 0. The molecule has 0 saturated carbocycles. The first-order chi connectivity index (χ1) is 9.81. The molecule has 0 unspecified atom stereocenters. The lowest BCUT2D eigenvalue weighted by Gasteiger charge is -2.14. The lowest BCUT2D eigenvalue weighted by atomic mass is 10.2. The van der Waals surface area contributed by atoms with Gasteiger partial charge in [-0.3, -0.25) is 0 Å². The second kappa shape index (κ2) is 10.5. The molecule has 1 rings (SSSR count). The van der Waals surface area contributed by atoms with Gasteiger partial charge in [-0.25, -0.2) is 0 Å². The SMILES string of the molecule is CCCOc1ccc(CNCCOC)c(OCOC)c1. The van der Waals surface area contributed by atoms with Gasteiger partial charge in [0.15, 0.2) is 6.79 Å². The van der Waals surface area contributed by atoms with Gasteiger partial charge in [0.1, 0.15) is 11.5 Å². The van der Waals surface area contributed by atoms with E-state index in [1.807, 2.05) is 18.2 Å². The third-order valence-electron chi connectivity index (χ3n) is 2.64. The predicted octanol–water partition coefficient (Wildman–Crippen LogP) is 2.19. The molecule has 0 bridgehead atoms. The molecule has 5 heteroatoms. The molecule has 0 aliphatic carbocycles. The number of rotatable bonds is 11. The molecule has 1 aromatic rings. The normalized spacial score (nSPS) is 10.6. The maximum absolute atomic E-state index is 5.61. The van der Waals surface area contributed by atoms with E-state index in [0.717, 1.165) is 36.6 Å². The molecule has 1 aromatic carbocycles. The first-order valence-electron chi connectivity index (χ1n) is 6.89. The van der Waals surface area contributed by atoms with Gasteiger partial charge in [0.05, 0.1) is 13.2 Å². The van der Waals surface area contributed by atoms with Crippen molar-refractivity contribution < 1.29 is 18.9 Å². The number of hydrogen-bond donors (Lipinski definition) is 1. The molecular weight excluding hydrogens is 258 g/mol. The Morgan fingerprint density at radius 3 is 2.60 bits per heavy atom. The van der Waals surface area contributed by atoms with Gasteiger partial charge in [-0.2, -0.15) is 0 Å². The molecule has 0 fully saturated rings. The molecular formula is C15H25NO4. The molecule has 0 spiro atoms.